The van der Waals surface area contributed by atoms with E-state index in [0.717, 1.165) is 32.7 Å². The van der Waals surface area contributed by atoms with Gasteiger partial charge in [-0.2, -0.15) is 0 Å². The monoisotopic (exact) mass is 650 g/mol. The van der Waals surface area contributed by atoms with Gasteiger partial charge in [0.05, 0.1) is 5.41 Å². The Morgan fingerprint density at radius 1 is 0.469 bits per heavy atom. The summed E-state index contributed by atoms with van der Waals surface area (Å²) in [6, 6.07) is 41.4. The minimum atomic E-state index is -0.735. The van der Waals surface area contributed by atoms with Gasteiger partial charge in [0.2, 0.25) is 0 Å². The molecule has 0 saturated heterocycles. The van der Waals surface area contributed by atoms with E-state index in [0.29, 0.717) is 11.5 Å². The van der Waals surface area contributed by atoms with Crippen LogP contribution in [0.4, 0.5) is 9.59 Å². The van der Waals surface area contributed by atoms with E-state index in [1.807, 2.05) is 24.3 Å². The van der Waals surface area contributed by atoms with Crippen molar-refractivity contribution < 1.29 is 28.5 Å². The molecule has 0 radical (unpaired) electrons. The molecule has 0 spiro atoms. The quantitative estimate of drug-likeness (QED) is 0.139. The summed E-state index contributed by atoms with van der Waals surface area (Å²) >= 11 is 0. The molecular formula is C43H38O6. The van der Waals surface area contributed by atoms with Crippen LogP contribution < -0.4 is 9.47 Å². The van der Waals surface area contributed by atoms with E-state index in [-0.39, 0.29) is 0 Å². The van der Waals surface area contributed by atoms with E-state index in [9.17, 15) is 9.59 Å². The average Bonchev–Trinajstić information content (AvgIpc) is 3.34. The number of carbonyl (C=O) groups is 2. The zero-order valence-corrected chi connectivity index (χ0v) is 28.5. The van der Waals surface area contributed by atoms with Gasteiger partial charge in [0.25, 0.3) is 0 Å². The molecule has 0 N–H and O–H groups in total. The van der Waals surface area contributed by atoms with Crippen molar-refractivity contribution in [2.45, 2.75) is 58.2 Å². The molecule has 6 aromatic rings. The van der Waals surface area contributed by atoms with Crippen LogP contribution in [0.15, 0.2) is 121 Å². The maximum atomic E-state index is 12.4. The van der Waals surface area contributed by atoms with Crippen LogP contribution in [0.5, 0.6) is 11.5 Å². The molecule has 0 bridgehead atoms. The summed E-state index contributed by atoms with van der Waals surface area (Å²) in [7, 11) is 0. The number of carbonyl (C=O) groups excluding carboxylic acids is 2. The molecule has 6 nitrogen and oxygen atoms in total. The first kappa shape index (κ1) is 32.0. The summed E-state index contributed by atoms with van der Waals surface area (Å²) in [5.74, 6) is 0.843. The molecule has 0 amide bonds. The summed E-state index contributed by atoms with van der Waals surface area (Å²) in [6.45, 7) is 10.8. The van der Waals surface area contributed by atoms with Crippen molar-refractivity contribution >= 4 is 33.9 Å². The largest absolute Gasteiger partial charge is 0.514 e. The van der Waals surface area contributed by atoms with E-state index in [1.165, 1.54) is 22.3 Å². The van der Waals surface area contributed by atoms with Gasteiger partial charge in [-0.05, 0) is 133 Å². The fourth-order valence-electron chi connectivity index (χ4n) is 6.80. The van der Waals surface area contributed by atoms with Crippen LogP contribution in [0.1, 0.15) is 63.8 Å². The molecule has 6 aromatic carbocycles. The number of hydrogen-bond acceptors (Lipinski definition) is 6. The number of benzene rings is 6. The summed E-state index contributed by atoms with van der Waals surface area (Å²) < 4.78 is 21.7. The first-order chi connectivity index (χ1) is 23.3. The van der Waals surface area contributed by atoms with Crippen LogP contribution in [0.3, 0.4) is 0 Å². The Balaban J connectivity index is 1.35. The van der Waals surface area contributed by atoms with Crippen LogP contribution in [0.2, 0.25) is 0 Å². The van der Waals surface area contributed by atoms with Gasteiger partial charge in [0.1, 0.15) is 22.7 Å². The molecule has 49 heavy (non-hydrogen) atoms. The minimum Gasteiger partial charge on any atom is -0.428 e. The lowest BCUT2D eigenvalue weighted by molar-refractivity contribution is 0.0193. The molecule has 0 atom stereocenters. The molecule has 7 rings (SSSR count). The van der Waals surface area contributed by atoms with Gasteiger partial charge in [-0.1, -0.05) is 84.9 Å². The van der Waals surface area contributed by atoms with Crippen molar-refractivity contribution in [2.75, 3.05) is 0 Å². The van der Waals surface area contributed by atoms with E-state index >= 15 is 0 Å². The van der Waals surface area contributed by atoms with Crippen molar-refractivity contribution in [1.29, 1.82) is 0 Å². The smallest absolute Gasteiger partial charge is 0.428 e. The minimum absolute atomic E-state index is 0.422. The molecule has 1 aliphatic rings. The van der Waals surface area contributed by atoms with Crippen molar-refractivity contribution in [2.24, 2.45) is 0 Å². The van der Waals surface area contributed by atoms with E-state index in [4.69, 9.17) is 18.9 Å². The summed E-state index contributed by atoms with van der Waals surface area (Å²) in [4.78, 5) is 24.7. The van der Waals surface area contributed by atoms with Crippen LogP contribution in [-0.4, -0.2) is 23.5 Å². The first-order valence-corrected chi connectivity index (χ1v) is 16.4. The topological polar surface area (TPSA) is 71.1 Å². The highest BCUT2D eigenvalue weighted by molar-refractivity contribution is 5.92. The SMILES string of the molecule is CC(C)(C)OC(=O)Oc1ccc2cc(C3(c4ccc5cc(OC(=O)OC(C)(C)C)ccc5c4)c4ccccc4-c4ccccc43)ccc2c1. The van der Waals surface area contributed by atoms with Gasteiger partial charge >= 0.3 is 12.3 Å². The third kappa shape index (κ3) is 6.11. The van der Waals surface area contributed by atoms with Crippen LogP contribution in [-0.2, 0) is 14.9 Å². The predicted molar refractivity (Wildman–Crippen MR) is 192 cm³/mol. The Morgan fingerprint density at radius 3 is 1.24 bits per heavy atom. The molecule has 1 aliphatic carbocycles. The Morgan fingerprint density at radius 2 is 0.837 bits per heavy atom. The maximum absolute atomic E-state index is 12.4. The van der Waals surface area contributed by atoms with Crippen molar-refractivity contribution in [1.82, 2.24) is 0 Å². The molecule has 0 fully saturated rings. The molecule has 0 aliphatic heterocycles. The van der Waals surface area contributed by atoms with Gasteiger partial charge < -0.3 is 18.9 Å². The number of ether oxygens (including phenoxy) is 4. The van der Waals surface area contributed by atoms with Crippen molar-refractivity contribution in [3.63, 3.8) is 0 Å². The van der Waals surface area contributed by atoms with Crippen molar-refractivity contribution in [3.05, 3.63) is 144 Å². The Labute approximate surface area is 286 Å². The Hall–Kier alpha value is -5.62. The lowest BCUT2D eigenvalue weighted by atomic mass is 9.67. The van der Waals surface area contributed by atoms with Crippen LogP contribution in [0.25, 0.3) is 32.7 Å². The predicted octanol–water partition coefficient (Wildman–Crippen LogP) is 11.0. The summed E-state index contributed by atoms with van der Waals surface area (Å²) in [6.07, 6.45) is -1.47. The third-order valence-corrected chi connectivity index (χ3v) is 8.62. The van der Waals surface area contributed by atoms with Gasteiger partial charge in [-0.25, -0.2) is 9.59 Å². The molecule has 0 saturated carbocycles. The van der Waals surface area contributed by atoms with Crippen molar-refractivity contribution in [3.8, 4) is 22.6 Å². The van der Waals surface area contributed by atoms with Gasteiger partial charge in [-0.15, -0.1) is 0 Å². The molecule has 246 valence electrons. The standard InChI is InChI=1S/C43H38O6/c1-41(2,3)48-39(44)46-33-21-17-27-23-31(19-15-29(27)25-33)43(37-13-9-7-11-35(37)36-12-8-10-14-38(36)43)32-20-16-30-26-34(22-18-28(30)24-32)47-40(45)49-42(4,5)6/h7-26H,1-6H3. The summed E-state index contributed by atoms with van der Waals surface area (Å²) in [5.41, 5.74) is 5.10. The molecule has 0 aromatic heterocycles. The third-order valence-electron chi connectivity index (χ3n) is 8.62. The lowest BCUT2D eigenvalue weighted by Gasteiger charge is -2.34. The summed E-state index contributed by atoms with van der Waals surface area (Å²) in [5, 5.41) is 3.91. The second kappa shape index (κ2) is 11.8. The molecule has 6 heteroatoms. The molecule has 0 heterocycles. The lowest BCUT2D eigenvalue weighted by Crippen LogP contribution is -2.28. The first-order valence-electron chi connectivity index (χ1n) is 16.4. The fraction of sp³-hybridized carbons (Fsp3) is 0.209. The number of rotatable bonds is 4. The molecule has 0 unspecified atom stereocenters. The highest BCUT2D eigenvalue weighted by atomic mass is 16.7. The number of fused-ring (bicyclic) bond motifs is 5. The Bertz CT molecular complexity index is 2090. The maximum Gasteiger partial charge on any atom is 0.514 e. The highest BCUT2D eigenvalue weighted by Crippen LogP contribution is 2.56. The van der Waals surface area contributed by atoms with E-state index < -0.39 is 28.9 Å². The van der Waals surface area contributed by atoms with Gasteiger partial charge in [0, 0.05) is 0 Å². The van der Waals surface area contributed by atoms with E-state index in [1.54, 1.807) is 53.7 Å². The highest BCUT2D eigenvalue weighted by Gasteiger charge is 2.46. The van der Waals surface area contributed by atoms with Gasteiger partial charge in [0.15, 0.2) is 0 Å². The van der Waals surface area contributed by atoms with Crippen LogP contribution in [0, 0.1) is 0 Å². The fourth-order valence-corrected chi connectivity index (χ4v) is 6.80. The second-order valence-corrected chi connectivity index (χ2v) is 14.4. The zero-order chi connectivity index (χ0) is 34.6. The van der Waals surface area contributed by atoms with Crippen LogP contribution >= 0.6 is 0 Å². The Kier molecular flexibility index (Phi) is 7.70. The van der Waals surface area contributed by atoms with E-state index in [2.05, 4.69) is 84.9 Å². The number of hydrogen-bond donors (Lipinski definition) is 0. The zero-order valence-electron chi connectivity index (χ0n) is 28.5. The average molecular weight is 651 g/mol. The molecular weight excluding hydrogens is 612 g/mol. The second-order valence-electron chi connectivity index (χ2n) is 14.4. The van der Waals surface area contributed by atoms with Gasteiger partial charge in [-0.3, -0.25) is 0 Å². The normalized spacial score (nSPS) is 13.4.